The van der Waals surface area contributed by atoms with Crippen molar-refractivity contribution < 1.29 is 0 Å². The van der Waals surface area contributed by atoms with Gasteiger partial charge in [0.1, 0.15) is 0 Å². The summed E-state index contributed by atoms with van der Waals surface area (Å²) < 4.78 is 2.12. The first-order valence-electron chi connectivity index (χ1n) is 8.06. The summed E-state index contributed by atoms with van der Waals surface area (Å²) in [5.41, 5.74) is 1.26. The van der Waals surface area contributed by atoms with Gasteiger partial charge in [-0.15, -0.1) is 0 Å². The third-order valence-electron chi connectivity index (χ3n) is 5.16. The van der Waals surface area contributed by atoms with Gasteiger partial charge >= 0.3 is 0 Å². The largest absolute Gasteiger partial charge is 0.311 e. The number of nitrogens with one attached hydrogen (secondary N) is 1. The molecule has 0 bridgehead atoms. The Morgan fingerprint density at radius 2 is 2.26 bits per heavy atom. The Morgan fingerprint density at radius 1 is 1.37 bits per heavy atom. The Labute approximate surface area is 116 Å². The zero-order valence-corrected chi connectivity index (χ0v) is 12.3. The number of rotatable bonds is 4. The highest BCUT2D eigenvalue weighted by atomic mass is 15.3. The minimum atomic E-state index is 0.521. The Hall–Kier alpha value is -0.830. The van der Waals surface area contributed by atoms with Gasteiger partial charge in [-0.25, -0.2) is 0 Å². The molecule has 1 saturated carbocycles. The molecule has 3 heteroatoms. The Kier molecular flexibility index (Phi) is 3.92. The molecule has 106 valence electrons. The first kappa shape index (κ1) is 13.2. The van der Waals surface area contributed by atoms with E-state index in [-0.39, 0.29) is 0 Å². The molecule has 0 radical (unpaired) electrons. The van der Waals surface area contributed by atoms with Gasteiger partial charge in [0.25, 0.3) is 0 Å². The van der Waals surface area contributed by atoms with Gasteiger partial charge < -0.3 is 5.32 Å². The quantitative estimate of drug-likeness (QED) is 0.901. The third-order valence-corrected chi connectivity index (χ3v) is 5.16. The van der Waals surface area contributed by atoms with Gasteiger partial charge in [-0.1, -0.05) is 13.3 Å². The second-order valence-corrected chi connectivity index (χ2v) is 6.49. The van der Waals surface area contributed by atoms with Crippen LogP contribution in [0.4, 0.5) is 0 Å². The number of fused-ring (bicyclic) bond motifs is 1. The van der Waals surface area contributed by atoms with Crippen LogP contribution >= 0.6 is 0 Å². The summed E-state index contributed by atoms with van der Waals surface area (Å²) in [6.07, 6.45) is 11.4. The first-order valence-corrected chi connectivity index (χ1v) is 8.06. The lowest BCUT2D eigenvalue weighted by Gasteiger charge is -2.33. The van der Waals surface area contributed by atoms with Crippen molar-refractivity contribution in [1.82, 2.24) is 15.1 Å². The average molecular weight is 261 g/mol. The van der Waals surface area contributed by atoms with E-state index < -0.39 is 0 Å². The van der Waals surface area contributed by atoms with Crippen LogP contribution in [0.25, 0.3) is 0 Å². The van der Waals surface area contributed by atoms with Gasteiger partial charge in [0.05, 0.1) is 5.69 Å². The van der Waals surface area contributed by atoms with Crippen molar-refractivity contribution in [3.05, 3.63) is 18.0 Å². The highest BCUT2D eigenvalue weighted by Crippen LogP contribution is 2.34. The fraction of sp³-hybridized carbons (Fsp3) is 0.812. The second kappa shape index (κ2) is 5.66. The molecule has 4 atom stereocenters. The van der Waals surface area contributed by atoms with Crippen molar-refractivity contribution in [2.45, 2.75) is 76.9 Å². The van der Waals surface area contributed by atoms with Crippen LogP contribution in [0.5, 0.6) is 0 Å². The van der Waals surface area contributed by atoms with Crippen LogP contribution < -0.4 is 5.32 Å². The molecule has 2 heterocycles. The molecule has 1 aliphatic carbocycles. The SMILES string of the molecule is CCC(C)n1ccc(CC2CCC3CCCC3N2)n1. The molecule has 1 N–H and O–H groups in total. The van der Waals surface area contributed by atoms with Crippen molar-refractivity contribution in [2.24, 2.45) is 5.92 Å². The van der Waals surface area contributed by atoms with E-state index in [4.69, 9.17) is 5.10 Å². The minimum Gasteiger partial charge on any atom is -0.311 e. The molecule has 1 saturated heterocycles. The lowest BCUT2D eigenvalue weighted by molar-refractivity contribution is 0.256. The Bertz CT molecular complexity index is 412. The smallest absolute Gasteiger partial charge is 0.0640 e. The maximum atomic E-state index is 4.74. The molecular formula is C16H27N3. The topological polar surface area (TPSA) is 29.9 Å². The van der Waals surface area contributed by atoms with Crippen LogP contribution in [0.3, 0.4) is 0 Å². The van der Waals surface area contributed by atoms with E-state index in [1.165, 1.54) is 37.8 Å². The summed E-state index contributed by atoms with van der Waals surface area (Å²) in [7, 11) is 0. The van der Waals surface area contributed by atoms with Crippen LogP contribution in [0, 0.1) is 5.92 Å². The van der Waals surface area contributed by atoms with Crippen LogP contribution in [-0.4, -0.2) is 21.9 Å². The van der Waals surface area contributed by atoms with Crippen LogP contribution in [0.1, 0.15) is 64.1 Å². The highest BCUT2D eigenvalue weighted by molar-refractivity contribution is 5.04. The lowest BCUT2D eigenvalue weighted by atomic mass is 9.88. The van der Waals surface area contributed by atoms with Crippen LogP contribution in [0.2, 0.25) is 0 Å². The molecule has 19 heavy (non-hydrogen) atoms. The maximum absolute atomic E-state index is 4.74. The van der Waals surface area contributed by atoms with Gasteiger partial charge in [-0.3, -0.25) is 4.68 Å². The number of hydrogen-bond acceptors (Lipinski definition) is 2. The Balaban J connectivity index is 1.57. The molecule has 2 aliphatic rings. The van der Waals surface area contributed by atoms with E-state index in [1.807, 2.05) is 0 Å². The molecule has 3 nitrogen and oxygen atoms in total. The normalized spacial score (nSPS) is 32.2. The standard InChI is InChI=1S/C16H27N3/c1-3-12(2)19-10-9-15(18-19)11-14-8-7-13-5-4-6-16(13)17-14/h9-10,12-14,16-17H,3-8,11H2,1-2H3. The summed E-state index contributed by atoms with van der Waals surface area (Å²) >= 11 is 0. The number of hydrogen-bond donors (Lipinski definition) is 1. The molecule has 3 rings (SSSR count). The van der Waals surface area contributed by atoms with E-state index in [0.29, 0.717) is 12.1 Å². The molecule has 4 unspecified atom stereocenters. The van der Waals surface area contributed by atoms with Crippen molar-refractivity contribution in [1.29, 1.82) is 0 Å². The van der Waals surface area contributed by atoms with E-state index in [1.54, 1.807) is 0 Å². The third kappa shape index (κ3) is 2.86. The van der Waals surface area contributed by atoms with E-state index in [2.05, 4.69) is 36.1 Å². The van der Waals surface area contributed by atoms with E-state index in [9.17, 15) is 0 Å². The van der Waals surface area contributed by atoms with Gasteiger partial charge in [0.2, 0.25) is 0 Å². The van der Waals surface area contributed by atoms with Crippen molar-refractivity contribution in [3.8, 4) is 0 Å². The second-order valence-electron chi connectivity index (χ2n) is 6.49. The zero-order chi connectivity index (χ0) is 13.2. The first-order chi connectivity index (χ1) is 9.26. The molecule has 1 aromatic rings. The molecule has 2 fully saturated rings. The van der Waals surface area contributed by atoms with Crippen LogP contribution in [-0.2, 0) is 6.42 Å². The van der Waals surface area contributed by atoms with Gasteiger partial charge in [0.15, 0.2) is 0 Å². The summed E-state index contributed by atoms with van der Waals surface area (Å²) in [5.74, 6) is 0.967. The molecule has 0 aromatic carbocycles. The van der Waals surface area contributed by atoms with Gasteiger partial charge in [-0.2, -0.15) is 5.10 Å². The molecule has 1 aromatic heterocycles. The number of piperidine rings is 1. The summed E-state index contributed by atoms with van der Waals surface area (Å²) in [5, 5.41) is 8.60. The molecular weight excluding hydrogens is 234 g/mol. The highest BCUT2D eigenvalue weighted by Gasteiger charge is 2.33. The van der Waals surface area contributed by atoms with Crippen molar-refractivity contribution in [2.75, 3.05) is 0 Å². The fourth-order valence-corrected chi connectivity index (χ4v) is 3.74. The summed E-state index contributed by atoms with van der Waals surface area (Å²) in [6.45, 7) is 4.45. The zero-order valence-electron chi connectivity index (χ0n) is 12.3. The van der Waals surface area contributed by atoms with E-state index in [0.717, 1.165) is 24.8 Å². The summed E-state index contributed by atoms with van der Waals surface area (Å²) in [4.78, 5) is 0. The van der Waals surface area contributed by atoms with E-state index >= 15 is 0 Å². The van der Waals surface area contributed by atoms with Crippen molar-refractivity contribution >= 4 is 0 Å². The minimum absolute atomic E-state index is 0.521. The fourth-order valence-electron chi connectivity index (χ4n) is 3.74. The predicted octanol–water partition coefficient (Wildman–Crippen LogP) is 3.32. The van der Waals surface area contributed by atoms with Gasteiger partial charge in [0, 0.05) is 30.7 Å². The van der Waals surface area contributed by atoms with Crippen molar-refractivity contribution in [3.63, 3.8) is 0 Å². The van der Waals surface area contributed by atoms with Gasteiger partial charge in [-0.05, 0) is 51.0 Å². The monoisotopic (exact) mass is 261 g/mol. The molecule has 1 aliphatic heterocycles. The van der Waals surface area contributed by atoms with Crippen LogP contribution in [0.15, 0.2) is 12.3 Å². The molecule has 0 spiro atoms. The lowest BCUT2D eigenvalue weighted by Crippen LogP contribution is -2.46. The number of nitrogens with zero attached hydrogens (tertiary/aromatic N) is 2. The maximum Gasteiger partial charge on any atom is 0.0640 e. The number of aromatic nitrogens is 2. The Morgan fingerprint density at radius 3 is 3.11 bits per heavy atom. The summed E-state index contributed by atoms with van der Waals surface area (Å²) in [6, 6.07) is 4.18. The predicted molar refractivity (Wildman–Crippen MR) is 78.2 cm³/mol. The average Bonchev–Trinajstić information content (AvgIpc) is 3.06. The molecule has 0 amide bonds.